The maximum atomic E-state index is 6.13. The van der Waals surface area contributed by atoms with E-state index in [-0.39, 0.29) is 0 Å². The summed E-state index contributed by atoms with van der Waals surface area (Å²) in [4.78, 5) is 13.4. The molecule has 0 bridgehead atoms. The largest absolute Gasteiger partial charge is 0.438 e. The molecule has 1 saturated heterocycles. The minimum atomic E-state index is 0.600. The van der Waals surface area contributed by atoms with Gasteiger partial charge in [0.05, 0.1) is 18.6 Å². The molecule has 4 aromatic rings. The van der Waals surface area contributed by atoms with E-state index in [9.17, 15) is 0 Å². The Labute approximate surface area is 186 Å². The van der Waals surface area contributed by atoms with Crippen LogP contribution >= 0.6 is 11.3 Å². The molecule has 1 aliphatic rings. The summed E-state index contributed by atoms with van der Waals surface area (Å²) in [5.74, 6) is 1.40. The number of aryl methyl sites for hydroxylation is 1. The monoisotopic (exact) mass is 431 g/mol. The van der Waals surface area contributed by atoms with Crippen molar-refractivity contribution < 1.29 is 9.47 Å². The summed E-state index contributed by atoms with van der Waals surface area (Å²) in [6.45, 7) is 4.95. The third kappa shape index (κ3) is 4.93. The first kappa shape index (κ1) is 20.1. The molecule has 0 spiro atoms. The Morgan fingerprint density at radius 3 is 2.58 bits per heavy atom. The lowest BCUT2D eigenvalue weighted by Gasteiger charge is -2.26. The van der Waals surface area contributed by atoms with E-state index in [1.54, 1.807) is 17.7 Å². The average molecular weight is 432 g/mol. The molecule has 0 aliphatic carbocycles. The second kappa shape index (κ2) is 9.56. The maximum absolute atomic E-state index is 6.13. The number of benzene rings is 2. The van der Waals surface area contributed by atoms with Gasteiger partial charge in [0.2, 0.25) is 5.88 Å². The number of hydrogen-bond acceptors (Lipinski definition) is 6. The van der Waals surface area contributed by atoms with Gasteiger partial charge in [-0.2, -0.15) is 0 Å². The van der Waals surface area contributed by atoms with Crippen LogP contribution in [0.1, 0.15) is 12.0 Å². The lowest BCUT2D eigenvalue weighted by Crippen LogP contribution is -2.36. The van der Waals surface area contributed by atoms with Crippen molar-refractivity contribution in [1.82, 2.24) is 14.9 Å². The fourth-order valence-corrected chi connectivity index (χ4v) is 4.82. The van der Waals surface area contributed by atoms with E-state index in [2.05, 4.69) is 45.2 Å². The normalized spacial score (nSPS) is 14.7. The third-order valence-corrected chi connectivity index (χ3v) is 6.62. The van der Waals surface area contributed by atoms with E-state index in [1.807, 2.05) is 30.3 Å². The first-order valence-corrected chi connectivity index (χ1v) is 11.5. The highest BCUT2D eigenvalue weighted by Gasteiger charge is 2.12. The van der Waals surface area contributed by atoms with Gasteiger partial charge in [0.25, 0.3) is 0 Å². The Morgan fingerprint density at radius 1 is 0.968 bits per heavy atom. The van der Waals surface area contributed by atoms with Crippen LogP contribution in [-0.2, 0) is 11.2 Å². The summed E-state index contributed by atoms with van der Waals surface area (Å²) in [6, 6.07) is 20.8. The first-order valence-electron chi connectivity index (χ1n) is 10.7. The zero-order valence-corrected chi connectivity index (χ0v) is 18.2. The lowest BCUT2D eigenvalue weighted by molar-refractivity contribution is 0.0374. The van der Waals surface area contributed by atoms with Gasteiger partial charge in [0.1, 0.15) is 16.9 Å². The number of fused-ring (bicyclic) bond motifs is 1. The number of thiophene rings is 1. The van der Waals surface area contributed by atoms with Crippen molar-refractivity contribution in [3.8, 4) is 22.1 Å². The highest BCUT2D eigenvalue weighted by atomic mass is 32.1. The number of rotatable bonds is 7. The summed E-state index contributed by atoms with van der Waals surface area (Å²) in [5, 5.41) is 0.945. The molecule has 0 unspecified atom stereocenters. The van der Waals surface area contributed by atoms with Crippen LogP contribution in [0.2, 0.25) is 0 Å². The summed E-state index contributed by atoms with van der Waals surface area (Å²) in [5.41, 5.74) is 2.51. The Morgan fingerprint density at radius 2 is 1.77 bits per heavy atom. The lowest BCUT2D eigenvalue weighted by atomic mass is 10.1. The van der Waals surface area contributed by atoms with Crippen LogP contribution in [0, 0.1) is 0 Å². The van der Waals surface area contributed by atoms with Crippen LogP contribution in [-0.4, -0.2) is 47.7 Å². The van der Waals surface area contributed by atoms with Crippen LogP contribution in [0.4, 0.5) is 0 Å². The van der Waals surface area contributed by atoms with Crippen molar-refractivity contribution in [3.63, 3.8) is 0 Å². The second-order valence-electron chi connectivity index (χ2n) is 7.68. The minimum absolute atomic E-state index is 0.600. The second-order valence-corrected chi connectivity index (χ2v) is 8.71. The highest BCUT2D eigenvalue weighted by molar-refractivity contribution is 7.21. The zero-order chi connectivity index (χ0) is 20.9. The molecule has 0 saturated carbocycles. The predicted octanol–water partition coefficient (Wildman–Crippen LogP) is 5.42. The van der Waals surface area contributed by atoms with Crippen molar-refractivity contribution in [2.24, 2.45) is 0 Å². The number of nitrogens with zero attached hydrogens (tertiary/aromatic N) is 3. The molecule has 1 fully saturated rings. The number of ether oxygens (including phenoxy) is 2. The number of aromatic nitrogens is 2. The van der Waals surface area contributed by atoms with Crippen molar-refractivity contribution in [2.45, 2.75) is 12.8 Å². The number of hydrogen-bond donors (Lipinski definition) is 0. The Bertz CT molecular complexity index is 1120. The summed E-state index contributed by atoms with van der Waals surface area (Å²) < 4.78 is 11.5. The molecule has 0 amide bonds. The Kier molecular flexibility index (Phi) is 6.20. The molecule has 5 nitrogen and oxygen atoms in total. The molecule has 0 atom stereocenters. The fourth-order valence-electron chi connectivity index (χ4n) is 3.83. The van der Waals surface area contributed by atoms with Crippen LogP contribution < -0.4 is 4.74 Å². The molecule has 2 aromatic carbocycles. The highest BCUT2D eigenvalue weighted by Crippen LogP contribution is 2.37. The van der Waals surface area contributed by atoms with Crippen LogP contribution in [0.15, 0.2) is 67.0 Å². The topological polar surface area (TPSA) is 47.5 Å². The van der Waals surface area contributed by atoms with Gasteiger partial charge >= 0.3 is 0 Å². The Hall–Kier alpha value is -2.80. The smallest absolute Gasteiger partial charge is 0.231 e. The molecule has 3 heterocycles. The standard InChI is InChI=1S/C25H25N3O2S/c1-2-6-20(7-3-1)23-17-22-24(26-18-27-25(22)31-23)30-21-10-8-19(9-11-21)5-4-12-28-13-15-29-16-14-28/h1-3,6-11,17-18H,4-5,12-16H2. The van der Waals surface area contributed by atoms with Crippen molar-refractivity contribution >= 4 is 21.6 Å². The quantitative estimate of drug-likeness (QED) is 0.391. The molecule has 5 rings (SSSR count). The van der Waals surface area contributed by atoms with Crippen LogP contribution in [0.3, 0.4) is 0 Å². The van der Waals surface area contributed by atoms with E-state index in [0.717, 1.165) is 66.5 Å². The molecule has 0 N–H and O–H groups in total. The summed E-state index contributed by atoms with van der Waals surface area (Å²) in [6.07, 6.45) is 3.80. The van der Waals surface area contributed by atoms with E-state index < -0.39 is 0 Å². The SMILES string of the molecule is c1ccc(-c2cc3c(Oc4ccc(CCCN5CCOCC5)cc4)ncnc3s2)cc1. The summed E-state index contributed by atoms with van der Waals surface area (Å²) in [7, 11) is 0. The van der Waals surface area contributed by atoms with Gasteiger partial charge in [-0.25, -0.2) is 9.97 Å². The maximum Gasteiger partial charge on any atom is 0.231 e. The molecule has 6 heteroatoms. The first-order chi connectivity index (χ1) is 15.3. The van der Waals surface area contributed by atoms with Crippen molar-refractivity contribution in [3.05, 3.63) is 72.6 Å². The molecule has 2 aromatic heterocycles. The van der Waals surface area contributed by atoms with Crippen LogP contribution in [0.5, 0.6) is 11.6 Å². The van der Waals surface area contributed by atoms with Crippen molar-refractivity contribution in [1.29, 1.82) is 0 Å². The predicted molar refractivity (Wildman–Crippen MR) is 125 cm³/mol. The van der Waals surface area contributed by atoms with E-state index in [0.29, 0.717) is 5.88 Å². The van der Waals surface area contributed by atoms with Gasteiger partial charge in [0.15, 0.2) is 0 Å². The molecule has 1 aliphatic heterocycles. The van der Waals surface area contributed by atoms with Gasteiger partial charge in [-0.15, -0.1) is 11.3 Å². The minimum Gasteiger partial charge on any atom is -0.438 e. The Balaban J connectivity index is 1.25. The van der Waals surface area contributed by atoms with Gasteiger partial charge < -0.3 is 9.47 Å². The van der Waals surface area contributed by atoms with E-state index in [1.165, 1.54) is 11.1 Å². The molecular formula is C25H25N3O2S. The van der Waals surface area contributed by atoms with Crippen LogP contribution in [0.25, 0.3) is 20.7 Å². The molecule has 0 radical (unpaired) electrons. The van der Waals surface area contributed by atoms with E-state index >= 15 is 0 Å². The van der Waals surface area contributed by atoms with Crippen molar-refractivity contribution in [2.75, 3.05) is 32.8 Å². The van der Waals surface area contributed by atoms with Gasteiger partial charge in [-0.1, -0.05) is 42.5 Å². The van der Waals surface area contributed by atoms with Gasteiger partial charge in [0, 0.05) is 18.0 Å². The number of morpholine rings is 1. The fraction of sp³-hybridized carbons (Fsp3) is 0.280. The molecule has 31 heavy (non-hydrogen) atoms. The average Bonchev–Trinajstić information content (AvgIpc) is 3.27. The zero-order valence-electron chi connectivity index (χ0n) is 17.4. The third-order valence-electron chi connectivity index (χ3n) is 5.53. The molecular weight excluding hydrogens is 406 g/mol. The van der Waals surface area contributed by atoms with E-state index in [4.69, 9.17) is 9.47 Å². The van der Waals surface area contributed by atoms with Gasteiger partial charge in [-0.05, 0) is 48.7 Å². The summed E-state index contributed by atoms with van der Waals surface area (Å²) >= 11 is 1.66. The van der Waals surface area contributed by atoms with Gasteiger partial charge in [-0.3, -0.25) is 4.90 Å². The molecule has 158 valence electrons.